The van der Waals surface area contributed by atoms with Gasteiger partial charge in [0.2, 0.25) is 0 Å². The van der Waals surface area contributed by atoms with Crippen molar-refractivity contribution >= 4 is 5.65 Å². The van der Waals surface area contributed by atoms with E-state index in [1.54, 1.807) is 10.7 Å². The lowest BCUT2D eigenvalue weighted by Gasteiger charge is -2.07. The van der Waals surface area contributed by atoms with Crippen LogP contribution >= 0.6 is 0 Å². The summed E-state index contributed by atoms with van der Waals surface area (Å²) in [6.07, 6.45) is 1.80. The lowest BCUT2D eigenvalue weighted by atomic mass is 9.98. The molecule has 3 aromatic rings. The summed E-state index contributed by atoms with van der Waals surface area (Å²) < 4.78 is 28.8. The first kappa shape index (κ1) is 13.7. The summed E-state index contributed by atoms with van der Waals surface area (Å²) in [7, 11) is 0. The number of benzene rings is 1. The monoisotopic (exact) mass is 287 g/mol. The van der Waals surface area contributed by atoms with Gasteiger partial charge in [-0.1, -0.05) is 13.8 Å². The van der Waals surface area contributed by atoms with E-state index in [1.807, 2.05) is 26.8 Å². The van der Waals surface area contributed by atoms with Gasteiger partial charge in [0, 0.05) is 29.1 Å². The second kappa shape index (κ2) is 4.91. The third-order valence-corrected chi connectivity index (χ3v) is 3.42. The molecule has 0 N–H and O–H groups in total. The third-order valence-electron chi connectivity index (χ3n) is 3.42. The van der Waals surface area contributed by atoms with Gasteiger partial charge >= 0.3 is 0 Å². The van der Waals surface area contributed by atoms with Gasteiger partial charge in [0.15, 0.2) is 5.65 Å². The Hall–Kier alpha value is -2.30. The molecule has 0 amide bonds. The van der Waals surface area contributed by atoms with Crippen LogP contribution in [-0.2, 0) is 0 Å². The molecule has 0 fully saturated rings. The Labute approximate surface area is 121 Å². The number of hydrogen-bond acceptors (Lipinski definition) is 2. The maximum atomic E-state index is 14.1. The van der Waals surface area contributed by atoms with Crippen molar-refractivity contribution < 1.29 is 8.78 Å². The number of rotatable bonds is 2. The van der Waals surface area contributed by atoms with Crippen molar-refractivity contribution in [2.24, 2.45) is 0 Å². The molecule has 1 aromatic carbocycles. The average Bonchev–Trinajstić information content (AvgIpc) is 2.76. The Morgan fingerprint density at radius 3 is 2.57 bits per heavy atom. The van der Waals surface area contributed by atoms with Crippen molar-refractivity contribution in [3.05, 3.63) is 53.4 Å². The molecule has 0 radical (unpaired) electrons. The molecule has 5 heteroatoms. The Morgan fingerprint density at radius 1 is 1.14 bits per heavy atom. The molecule has 108 valence electrons. The summed E-state index contributed by atoms with van der Waals surface area (Å²) in [4.78, 5) is 4.49. The molecule has 2 aromatic heterocycles. The van der Waals surface area contributed by atoms with Gasteiger partial charge in [-0.25, -0.2) is 18.3 Å². The van der Waals surface area contributed by atoms with E-state index in [0.717, 1.165) is 17.3 Å². The zero-order valence-corrected chi connectivity index (χ0v) is 12.1. The molecule has 0 aliphatic rings. The zero-order chi connectivity index (χ0) is 15.1. The molecule has 0 unspecified atom stereocenters. The minimum Gasteiger partial charge on any atom is -0.234 e. The van der Waals surface area contributed by atoms with Crippen LogP contribution in [0.2, 0.25) is 0 Å². The first-order valence-corrected chi connectivity index (χ1v) is 6.78. The van der Waals surface area contributed by atoms with Crippen LogP contribution in [0.4, 0.5) is 8.78 Å². The molecule has 3 rings (SSSR count). The van der Waals surface area contributed by atoms with Crippen LogP contribution in [0.15, 0.2) is 30.5 Å². The van der Waals surface area contributed by atoms with Crippen LogP contribution in [0.1, 0.15) is 31.0 Å². The van der Waals surface area contributed by atoms with E-state index in [9.17, 15) is 8.78 Å². The highest BCUT2D eigenvalue weighted by atomic mass is 19.1. The maximum Gasteiger partial charge on any atom is 0.159 e. The first-order valence-electron chi connectivity index (χ1n) is 6.78. The lowest BCUT2D eigenvalue weighted by molar-refractivity contribution is 0.585. The minimum atomic E-state index is -0.614. The van der Waals surface area contributed by atoms with Gasteiger partial charge in [-0.15, -0.1) is 0 Å². The summed E-state index contributed by atoms with van der Waals surface area (Å²) in [5, 5.41) is 4.43. The summed E-state index contributed by atoms with van der Waals surface area (Å²) >= 11 is 0. The van der Waals surface area contributed by atoms with E-state index in [0.29, 0.717) is 16.9 Å². The van der Waals surface area contributed by atoms with Gasteiger partial charge in [0.05, 0.1) is 0 Å². The van der Waals surface area contributed by atoms with Crippen molar-refractivity contribution in [1.29, 1.82) is 0 Å². The molecule has 0 bridgehead atoms. The van der Waals surface area contributed by atoms with Gasteiger partial charge < -0.3 is 0 Å². The van der Waals surface area contributed by atoms with E-state index in [2.05, 4.69) is 10.1 Å². The highest BCUT2D eigenvalue weighted by Crippen LogP contribution is 2.32. The van der Waals surface area contributed by atoms with E-state index < -0.39 is 11.6 Å². The predicted octanol–water partition coefficient (Wildman–Crippen LogP) is 4.11. The normalized spacial score (nSPS) is 11.5. The topological polar surface area (TPSA) is 30.2 Å². The zero-order valence-electron chi connectivity index (χ0n) is 12.1. The summed E-state index contributed by atoms with van der Waals surface area (Å²) in [5.74, 6) is -1.09. The van der Waals surface area contributed by atoms with Gasteiger partial charge in [0.25, 0.3) is 0 Å². The molecular weight excluding hydrogens is 272 g/mol. The fourth-order valence-electron chi connectivity index (χ4n) is 2.45. The Bertz CT molecular complexity index is 822. The number of nitrogens with zero attached hydrogens (tertiary/aromatic N) is 3. The number of halogens is 2. The largest absolute Gasteiger partial charge is 0.234 e. The third kappa shape index (κ3) is 2.28. The van der Waals surface area contributed by atoms with Crippen LogP contribution in [0.5, 0.6) is 0 Å². The fraction of sp³-hybridized carbons (Fsp3) is 0.250. The van der Waals surface area contributed by atoms with Crippen LogP contribution < -0.4 is 0 Å². The van der Waals surface area contributed by atoms with E-state index >= 15 is 0 Å². The van der Waals surface area contributed by atoms with Crippen LogP contribution in [-0.4, -0.2) is 14.6 Å². The van der Waals surface area contributed by atoms with Crippen molar-refractivity contribution in [3.8, 4) is 11.3 Å². The molecule has 21 heavy (non-hydrogen) atoms. The van der Waals surface area contributed by atoms with E-state index in [-0.39, 0.29) is 5.92 Å². The maximum absolute atomic E-state index is 14.1. The van der Waals surface area contributed by atoms with Crippen molar-refractivity contribution in [2.45, 2.75) is 26.7 Å². The second-order valence-corrected chi connectivity index (χ2v) is 5.38. The predicted molar refractivity (Wildman–Crippen MR) is 77.2 cm³/mol. The van der Waals surface area contributed by atoms with Crippen LogP contribution in [0, 0.1) is 18.6 Å². The molecule has 0 aliphatic carbocycles. The van der Waals surface area contributed by atoms with Gasteiger partial charge in [0.1, 0.15) is 17.3 Å². The number of aryl methyl sites for hydroxylation is 1. The van der Waals surface area contributed by atoms with Gasteiger partial charge in [-0.05, 0) is 31.0 Å². The first-order chi connectivity index (χ1) is 9.97. The molecule has 0 spiro atoms. The molecule has 0 atom stereocenters. The summed E-state index contributed by atoms with van der Waals surface area (Å²) in [5.41, 5.74) is 3.26. The quantitative estimate of drug-likeness (QED) is 0.710. The number of hydrogen-bond donors (Lipinski definition) is 0. The minimum absolute atomic E-state index is 0.122. The average molecular weight is 287 g/mol. The molecule has 0 saturated carbocycles. The fourth-order valence-corrected chi connectivity index (χ4v) is 2.45. The van der Waals surface area contributed by atoms with Gasteiger partial charge in [-0.3, -0.25) is 0 Å². The van der Waals surface area contributed by atoms with Crippen molar-refractivity contribution in [2.75, 3.05) is 0 Å². The lowest BCUT2D eigenvalue weighted by Crippen LogP contribution is -1.95. The Morgan fingerprint density at radius 2 is 1.90 bits per heavy atom. The van der Waals surface area contributed by atoms with Crippen molar-refractivity contribution in [3.63, 3.8) is 0 Å². The van der Waals surface area contributed by atoms with Crippen LogP contribution in [0.25, 0.3) is 16.9 Å². The Kier molecular flexibility index (Phi) is 3.20. The van der Waals surface area contributed by atoms with E-state index in [1.165, 1.54) is 12.1 Å². The van der Waals surface area contributed by atoms with Crippen LogP contribution in [0.3, 0.4) is 0 Å². The SMILES string of the molecule is Cc1ccn2nc(-c3ccc(F)cc3F)c(C(C)C)c2n1. The molecule has 2 heterocycles. The molecule has 0 saturated heterocycles. The molecular formula is C16H15F2N3. The number of fused-ring (bicyclic) bond motifs is 1. The standard InChI is InChI=1S/C16H15F2N3/c1-9(2)14-15(12-5-4-11(17)8-13(12)18)20-21-7-6-10(3)19-16(14)21/h4-9H,1-3H3. The van der Waals surface area contributed by atoms with Crippen molar-refractivity contribution in [1.82, 2.24) is 14.6 Å². The molecule has 0 aliphatic heterocycles. The van der Waals surface area contributed by atoms with E-state index in [4.69, 9.17) is 0 Å². The highest BCUT2D eigenvalue weighted by molar-refractivity contribution is 5.72. The smallest absolute Gasteiger partial charge is 0.159 e. The molecule has 3 nitrogen and oxygen atoms in total. The van der Waals surface area contributed by atoms with Gasteiger partial charge in [-0.2, -0.15) is 5.10 Å². The highest BCUT2D eigenvalue weighted by Gasteiger charge is 2.21. The summed E-state index contributed by atoms with van der Waals surface area (Å²) in [6, 6.07) is 5.38. The Balaban J connectivity index is 2.34. The summed E-state index contributed by atoms with van der Waals surface area (Å²) in [6.45, 7) is 5.91. The number of aromatic nitrogens is 3. The second-order valence-electron chi connectivity index (χ2n) is 5.38.